The number of carbonyl (C=O) groups is 1. The molecule has 22 heavy (non-hydrogen) atoms. The van der Waals surface area contributed by atoms with Crippen molar-refractivity contribution in [1.29, 1.82) is 0 Å². The predicted octanol–water partition coefficient (Wildman–Crippen LogP) is 3.40. The summed E-state index contributed by atoms with van der Waals surface area (Å²) < 4.78 is 0.705. The summed E-state index contributed by atoms with van der Waals surface area (Å²) in [6.07, 6.45) is 3.38. The van der Waals surface area contributed by atoms with Gasteiger partial charge in [0.25, 0.3) is 5.91 Å². The Kier molecular flexibility index (Phi) is 3.93. The highest BCUT2D eigenvalue weighted by Crippen LogP contribution is 2.21. The fourth-order valence-corrected chi connectivity index (χ4v) is 2.47. The van der Waals surface area contributed by atoms with Gasteiger partial charge in [-0.1, -0.05) is 34.1 Å². The molecule has 2 aromatic carbocycles. The van der Waals surface area contributed by atoms with E-state index in [9.17, 15) is 9.90 Å². The highest BCUT2D eigenvalue weighted by atomic mass is 79.9. The van der Waals surface area contributed by atoms with Crippen LogP contribution in [0.3, 0.4) is 0 Å². The fourth-order valence-electron chi connectivity index (χ4n) is 2.11. The summed E-state index contributed by atoms with van der Waals surface area (Å²) in [5, 5.41) is 14.7. The van der Waals surface area contributed by atoms with Gasteiger partial charge >= 0.3 is 0 Å². The highest BCUT2D eigenvalue weighted by Gasteiger charge is 2.10. The lowest BCUT2D eigenvalue weighted by Crippen LogP contribution is -2.17. The lowest BCUT2D eigenvalue weighted by Gasteiger charge is -2.03. The van der Waals surface area contributed by atoms with Gasteiger partial charge in [-0.25, -0.2) is 5.43 Å². The standard InChI is InChI=1S/C16H12BrN3O2/c17-11-5-6-15(21)13(7-11)16(22)20-19-9-10-8-18-14-4-2-1-3-12(10)14/h1-9,18,21H,(H,20,22)/b19-9-. The van der Waals surface area contributed by atoms with Crippen molar-refractivity contribution < 1.29 is 9.90 Å². The fraction of sp³-hybridized carbons (Fsp3) is 0. The summed E-state index contributed by atoms with van der Waals surface area (Å²) in [6.45, 7) is 0. The monoisotopic (exact) mass is 357 g/mol. The van der Waals surface area contributed by atoms with Crippen LogP contribution in [0, 0.1) is 0 Å². The Balaban J connectivity index is 1.77. The second kappa shape index (κ2) is 6.03. The van der Waals surface area contributed by atoms with Gasteiger partial charge in [-0.3, -0.25) is 4.79 Å². The number of rotatable bonds is 3. The van der Waals surface area contributed by atoms with Crippen molar-refractivity contribution in [3.63, 3.8) is 0 Å². The number of hydrogen-bond donors (Lipinski definition) is 3. The lowest BCUT2D eigenvalue weighted by molar-refractivity contribution is 0.0952. The molecule has 1 amide bonds. The first-order valence-corrected chi connectivity index (χ1v) is 7.32. The van der Waals surface area contributed by atoms with Crippen molar-refractivity contribution in [3.05, 3.63) is 64.3 Å². The van der Waals surface area contributed by atoms with Crippen molar-refractivity contribution in [3.8, 4) is 5.75 Å². The van der Waals surface area contributed by atoms with Gasteiger partial charge in [-0.05, 0) is 24.3 Å². The van der Waals surface area contributed by atoms with Crippen molar-refractivity contribution in [2.24, 2.45) is 5.10 Å². The topological polar surface area (TPSA) is 77.5 Å². The van der Waals surface area contributed by atoms with Crippen LogP contribution in [0.2, 0.25) is 0 Å². The number of hydrogen-bond acceptors (Lipinski definition) is 3. The molecule has 1 aromatic heterocycles. The molecule has 0 saturated carbocycles. The number of fused-ring (bicyclic) bond motifs is 1. The number of aromatic hydroxyl groups is 1. The molecule has 0 aliphatic heterocycles. The van der Waals surface area contributed by atoms with Crippen LogP contribution >= 0.6 is 15.9 Å². The van der Waals surface area contributed by atoms with Crippen molar-refractivity contribution >= 4 is 39.0 Å². The molecular weight excluding hydrogens is 346 g/mol. The number of phenols is 1. The lowest BCUT2D eigenvalue weighted by atomic mass is 10.2. The number of nitrogens with zero attached hydrogens (tertiary/aromatic N) is 1. The Bertz CT molecular complexity index is 871. The smallest absolute Gasteiger partial charge is 0.275 e. The second-order valence-electron chi connectivity index (χ2n) is 4.65. The Morgan fingerprint density at radius 1 is 1.27 bits per heavy atom. The predicted molar refractivity (Wildman–Crippen MR) is 89.2 cm³/mol. The summed E-state index contributed by atoms with van der Waals surface area (Å²) in [6, 6.07) is 12.4. The largest absolute Gasteiger partial charge is 0.507 e. The maximum Gasteiger partial charge on any atom is 0.275 e. The summed E-state index contributed by atoms with van der Waals surface area (Å²) in [4.78, 5) is 15.1. The molecule has 6 heteroatoms. The number of aromatic amines is 1. The third kappa shape index (κ3) is 2.87. The highest BCUT2D eigenvalue weighted by molar-refractivity contribution is 9.10. The number of amides is 1. The molecule has 1 heterocycles. The van der Waals surface area contributed by atoms with Crippen LogP contribution in [0.1, 0.15) is 15.9 Å². The van der Waals surface area contributed by atoms with E-state index in [0.717, 1.165) is 16.5 Å². The number of para-hydroxylation sites is 1. The second-order valence-corrected chi connectivity index (χ2v) is 5.57. The molecule has 110 valence electrons. The van der Waals surface area contributed by atoms with Crippen LogP contribution in [-0.2, 0) is 0 Å². The average molecular weight is 358 g/mol. The molecule has 0 aliphatic rings. The molecule has 3 rings (SSSR count). The Morgan fingerprint density at radius 3 is 2.95 bits per heavy atom. The number of phenolic OH excluding ortho intramolecular Hbond substituents is 1. The zero-order valence-electron chi connectivity index (χ0n) is 11.4. The number of nitrogens with one attached hydrogen (secondary N) is 2. The first-order valence-electron chi connectivity index (χ1n) is 6.53. The molecule has 5 nitrogen and oxygen atoms in total. The maximum atomic E-state index is 12.0. The molecule has 0 atom stereocenters. The molecule has 0 radical (unpaired) electrons. The quantitative estimate of drug-likeness (QED) is 0.496. The molecule has 3 N–H and O–H groups in total. The molecule has 0 bridgehead atoms. The summed E-state index contributed by atoms with van der Waals surface area (Å²) in [5.74, 6) is -0.571. The van der Waals surface area contributed by atoms with E-state index in [4.69, 9.17) is 0 Å². The van der Waals surface area contributed by atoms with E-state index in [1.54, 1.807) is 12.3 Å². The van der Waals surface area contributed by atoms with E-state index in [2.05, 4.69) is 31.4 Å². The summed E-state index contributed by atoms with van der Waals surface area (Å²) in [7, 11) is 0. The number of benzene rings is 2. The van der Waals surface area contributed by atoms with Crippen LogP contribution in [0.5, 0.6) is 5.75 Å². The van der Waals surface area contributed by atoms with Crippen molar-refractivity contribution in [2.45, 2.75) is 0 Å². The van der Waals surface area contributed by atoms with E-state index in [1.165, 1.54) is 12.1 Å². The van der Waals surface area contributed by atoms with E-state index in [-0.39, 0.29) is 11.3 Å². The van der Waals surface area contributed by atoms with E-state index in [1.807, 2.05) is 30.5 Å². The van der Waals surface area contributed by atoms with Crippen LogP contribution in [-0.4, -0.2) is 22.2 Å². The molecule has 0 saturated heterocycles. The first kappa shape index (κ1) is 14.3. The maximum absolute atomic E-state index is 12.0. The van der Waals surface area contributed by atoms with Gasteiger partial charge < -0.3 is 10.1 Å². The van der Waals surface area contributed by atoms with Gasteiger partial charge in [0.05, 0.1) is 11.8 Å². The SMILES string of the molecule is O=C(N/N=C\c1c[nH]c2ccccc12)c1cc(Br)ccc1O. The van der Waals surface area contributed by atoms with Gasteiger partial charge in [0.1, 0.15) is 5.75 Å². The molecule has 0 spiro atoms. The van der Waals surface area contributed by atoms with Crippen molar-refractivity contribution in [2.75, 3.05) is 0 Å². The van der Waals surface area contributed by atoms with Crippen LogP contribution in [0.25, 0.3) is 10.9 Å². The normalized spacial score (nSPS) is 11.1. The average Bonchev–Trinajstić information content (AvgIpc) is 2.93. The minimum Gasteiger partial charge on any atom is -0.507 e. The Labute approximate surface area is 134 Å². The number of carbonyl (C=O) groups excluding carboxylic acids is 1. The van der Waals surface area contributed by atoms with Crippen LogP contribution in [0.15, 0.2) is 58.2 Å². The Hall–Kier alpha value is -2.60. The molecular formula is C16H12BrN3O2. The molecule has 3 aromatic rings. The first-order chi connectivity index (χ1) is 10.6. The van der Waals surface area contributed by atoms with E-state index in [0.29, 0.717) is 4.47 Å². The molecule has 0 aliphatic carbocycles. The number of aromatic nitrogens is 1. The van der Waals surface area contributed by atoms with Gasteiger partial charge in [0.15, 0.2) is 0 Å². The molecule has 0 unspecified atom stereocenters. The van der Waals surface area contributed by atoms with Crippen molar-refractivity contribution in [1.82, 2.24) is 10.4 Å². The van der Waals surface area contributed by atoms with Crippen LogP contribution in [0.4, 0.5) is 0 Å². The van der Waals surface area contributed by atoms with E-state index < -0.39 is 5.91 Å². The van der Waals surface area contributed by atoms with Gasteiger partial charge in [-0.2, -0.15) is 5.10 Å². The number of H-pyrrole nitrogens is 1. The zero-order chi connectivity index (χ0) is 15.5. The summed E-state index contributed by atoms with van der Waals surface area (Å²) in [5.41, 5.74) is 4.43. The minimum absolute atomic E-state index is 0.0944. The zero-order valence-corrected chi connectivity index (χ0v) is 13.0. The number of halogens is 1. The van der Waals surface area contributed by atoms with Gasteiger partial charge in [-0.15, -0.1) is 0 Å². The minimum atomic E-state index is -0.477. The van der Waals surface area contributed by atoms with Crippen LogP contribution < -0.4 is 5.43 Å². The third-order valence-electron chi connectivity index (χ3n) is 3.19. The molecule has 0 fully saturated rings. The van der Waals surface area contributed by atoms with Gasteiger partial charge in [0.2, 0.25) is 0 Å². The van der Waals surface area contributed by atoms with E-state index >= 15 is 0 Å². The third-order valence-corrected chi connectivity index (χ3v) is 3.69. The van der Waals surface area contributed by atoms with Gasteiger partial charge in [0, 0.05) is 27.1 Å². The summed E-state index contributed by atoms with van der Waals surface area (Å²) >= 11 is 3.26. The number of hydrazone groups is 1. The Morgan fingerprint density at radius 2 is 2.09 bits per heavy atom.